The predicted molar refractivity (Wildman–Crippen MR) is 221 cm³/mol. The van der Waals surface area contributed by atoms with Gasteiger partial charge in [0.05, 0.1) is 19.3 Å². The number of ketones is 3. The van der Waals surface area contributed by atoms with Gasteiger partial charge in [-0.3, -0.25) is 19.2 Å². The zero-order chi connectivity index (χ0) is 50.8. The number of phenols is 2. The van der Waals surface area contributed by atoms with Crippen LogP contribution in [0.2, 0.25) is 0 Å². The number of rotatable bonds is 20. The number of aliphatic carboxylic acids is 1. The number of aliphatic hydroxyl groups is 7. The molecule has 5 atom stereocenters. The first-order valence-corrected chi connectivity index (χ1v) is 19.5. The Balaban J connectivity index is 0.000000348. The van der Waals surface area contributed by atoms with Crippen LogP contribution < -0.4 is 4.74 Å². The Hall–Kier alpha value is -7.83. The largest absolute Gasteiger partial charge is 0.508 e. The van der Waals surface area contributed by atoms with Crippen LogP contribution in [0.25, 0.3) is 12.2 Å². The van der Waals surface area contributed by atoms with Gasteiger partial charge in [0.1, 0.15) is 60.0 Å². The van der Waals surface area contributed by atoms with E-state index in [1.165, 1.54) is 32.0 Å². The first-order valence-electron chi connectivity index (χ1n) is 19.5. The third kappa shape index (κ3) is 18.7. The molecule has 0 radical (unpaired) electrons. The average Bonchev–Trinajstić information content (AvgIpc) is 3.66. The Labute approximate surface area is 379 Å². The zero-order valence-corrected chi connectivity index (χ0v) is 35.9. The summed E-state index contributed by atoms with van der Waals surface area (Å²) in [6, 6.07) is 11.2. The molecular weight excluding hydrogens is 900 g/mol. The molecule has 0 fully saturated rings. The highest BCUT2D eigenvalue weighted by atomic mass is 16.6. The fourth-order valence-corrected chi connectivity index (χ4v) is 5.27. The maximum absolute atomic E-state index is 11.6. The minimum Gasteiger partial charge on any atom is -0.508 e. The second-order valence-electron chi connectivity index (χ2n) is 14.6. The topological polar surface area (TPSA) is 402 Å². The molecule has 24 nitrogen and oxygen atoms in total. The number of esters is 5. The lowest BCUT2D eigenvalue weighted by molar-refractivity contribution is -0.171. The van der Waals surface area contributed by atoms with Crippen molar-refractivity contribution in [2.24, 2.45) is 0 Å². The maximum Gasteiger partial charge on any atom is 0.377 e. The third-order valence-corrected chi connectivity index (χ3v) is 8.65. The van der Waals surface area contributed by atoms with Gasteiger partial charge in [0.2, 0.25) is 11.5 Å². The van der Waals surface area contributed by atoms with Crippen LogP contribution >= 0.6 is 0 Å². The SMILES string of the molecule is CC(=O)CC(O)(CC(=O)OC[C@H](O)[C@H]1OC(=O)C(O)=C1O)C(=O)O.CC(=O)CCC(=O)OC[C@H](O)[C@H]1OC(=O)C(O)=C1O.CC(=O)CCC(=O)Oc1ccc(/C=C/c2cc(O)cc(O)c2)cc1. The van der Waals surface area contributed by atoms with Crippen LogP contribution in [0.5, 0.6) is 17.2 Å². The molecule has 0 saturated carbocycles. The number of carboxylic acid groups (broad SMARTS) is 1. The quantitative estimate of drug-likeness (QED) is 0.0388. The summed E-state index contributed by atoms with van der Waals surface area (Å²) in [4.78, 5) is 99.5. The molecule has 24 heteroatoms. The Morgan fingerprint density at radius 3 is 1.45 bits per heavy atom. The second-order valence-corrected chi connectivity index (χ2v) is 14.6. The van der Waals surface area contributed by atoms with Gasteiger partial charge in [0, 0.05) is 25.3 Å². The van der Waals surface area contributed by atoms with Gasteiger partial charge in [-0.2, -0.15) is 0 Å². The molecule has 2 aromatic carbocycles. The monoisotopic (exact) mass is 948 g/mol. The lowest BCUT2D eigenvalue weighted by Crippen LogP contribution is -2.43. The molecule has 0 aromatic heterocycles. The van der Waals surface area contributed by atoms with E-state index in [1.807, 2.05) is 0 Å². The van der Waals surface area contributed by atoms with Crippen molar-refractivity contribution in [3.63, 3.8) is 0 Å². The molecule has 4 rings (SSSR count). The summed E-state index contributed by atoms with van der Waals surface area (Å²) in [7, 11) is 0. The number of hydrogen-bond acceptors (Lipinski definition) is 23. The van der Waals surface area contributed by atoms with Crippen LogP contribution in [0, 0.1) is 0 Å². The van der Waals surface area contributed by atoms with E-state index in [1.54, 1.807) is 36.4 Å². The van der Waals surface area contributed by atoms with Crippen LogP contribution in [0.1, 0.15) is 70.4 Å². The van der Waals surface area contributed by atoms with Crippen LogP contribution in [0.4, 0.5) is 0 Å². The molecule has 364 valence electrons. The van der Waals surface area contributed by atoms with E-state index in [0.29, 0.717) is 11.3 Å². The molecule has 1 unspecified atom stereocenters. The summed E-state index contributed by atoms with van der Waals surface area (Å²) in [5.41, 5.74) is -1.14. The van der Waals surface area contributed by atoms with E-state index in [0.717, 1.165) is 12.5 Å². The smallest absolute Gasteiger partial charge is 0.377 e. The molecule has 0 aliphatic carbocycles. The van der Waals surface area contributed by atoms with Crippen molar-refractivity contribution in [3.05, 3.63) is 76.6 Å². The number of hydrogen-bond donors (Lipinski definition) is 10. The summed E-state index contributed by atoms with van der Waals surface area (Å²) < 4.78 is 23.2. The highest BCUT2D eigenvalue weighted by Crippen LogP contribution is 2.25. The number of benzene rings is 2. The highest BCUT2D eigenvalue weighted by Gasteiger charge is 2.43. The number of carboxylic acids is 1. The van der Waals surface area contributed by atoms with Gasteiger partial charge in [-0.25, -0.2) is 14.4 Å². The first-order chi connectivity index (χ1) is 31.2. The van der Waals surface area contributed by atoms with Crippen molar-refractivity contribution in [3.8, 4) is 17.2 Å². The Morgan fingerprint density at radius 2 is 1.04 bits per heavy atom. The van der Waals surface area contributed by atoms with E-state index in [2.05, 4.69) is 18.9 Å². The van der Waals surface area contributed by atoms with Gasteiger partial charge < -0.3 is 84.3 Å². The number of phenolic OH excluding ortho intramolecular Hbond substituents is 2. The lowest BCUT2D eigenvalue weighted by atomic mass is 9.94. The van der Waals surface area contributed by atoms with Gasteiger partial charge in [-0.15, -0.1) is 0 Å². The number of aliphatic hydroxyl groups excluding tert-OH is 6. The molecule has 0 bridgehead atoms. The van der Waals surface area contributed by atoms with Gasteiger partial charge in [-0.05, 0) is 56.2 Å². The van der Waals surface area contributed by atoms with Crippen LogP contribution in [-0.2, 0) is 62.1 Å². The molecule has 0 spiro atoms. The van der Waals surface area contributed by atoms with Gasteiger partial charge in [0.15, 0.2) is 29.3 Å². The summed E-state index contributed by atoms with van der Waals surface area (Å²) >= 11 is 0. The Kier molecular flexibility index (Phi) is 21.1. The molecule has 2 aromatic rings. The fourth-order valence-electron chi connectivity index (χ4n) is 5.27. The number of ether oxygens (including phenoxy) is 5. The van der Waals surface area contributed by atoms with Crippen molar-refractivity contribution in [1.82, 2.24) is 0 Å². The number of carbonyl (C=O) groups is 9. The van der Waals surface area contributed by atoms with Gasteiger partial charge in [-0.1, -0.05) is 24.3 Å². The van der Waals surface area contributed by atoms with E-state index >= 15 is 0 Å². The molecule has 67 heavy (non-hydrogen) atoms. The molecule has 2 aliphatic heterocycles. The standard InChI is InChI=1S/C19H18O5.C13H16O11.C11H14O8/c1-13(20)2-9-19(23)24-18-7-5-14(6-8-18)3-4-15-10-16(21)12-17(22)11-15;1-5(14)2-13(22,12(20)21)3-7(16)23-4-6(15)10-8(17)9(18)11(19)24-10;1-5(12)2-3-7(14)18-4-6(13)10-8(15)9(16)11(17)19-10/h3-8,10-12,21-22H,2,9H2,1H3;6,10,15,17-18,22H,2-4H2,1H3,(H,20,21);6,10,13,15-16H,2-4H2,1H3/b4-3+;;/t;6-,10+,13?;6-,10+/m.00/s1. The number of carbonyl (C=O) groups excluding carboxylic acids is 8. The van der Waals surface area contributed by atoms with E-state index in [4.69, 9.17) is 20.1 Å². The lowest BCUT2D eigenvalue weighted by Gasteiger charge is -2.22. The van der Waals surface area contributed by atoms with E-state index < -0.39 is 121 Å². The van der Waals surface area contributed by atoms with Crippen LogP contribution in [0.15, 0.2) is 65.5 Å². The Morgan fingerprint density at radius 1 is 0.612 bits per heavy atom. The molecular formula is C43H48O24. The second kappa shape index (κ2) is 25.6. The normalized spacial score (nSPS) is 17.0. The minimum absolute atomic E-state index is 0.0116. The summed E-state index contributed by atoms with van der Waals surface area (Å²) in [5.74, 6) is -11.0. The predicted octanol–water partition coefficient (Wildman–Crippen LogP) is 1.38. The average molecular weight is 949 g/mol. The van der Waals surface area contributed by atoms with Crippen molar-refractivity contribution >= 4 is 65.3 Å². The van der Waals surface area contributed by atoms with E-state index in [9.17, 15) is 78.9 Å². The van der Waals surface area contributed by atoms with Crippen molar-refractivity contribution in [2.45, 2.75) is 89.3 Å². The van der Waals surface area contributed by atoms with Gasteiger partial charge in [0.25, 0.3) is 0 Å². The van der Waals surface area contributed by atoms with Crippen LogP contribution in [-0.4, -0.2) is 147 Å². The van der Waals surface area contributed by atoms with Crippen molar-refractivity contribution < 1.29 is 118 Å². The first kappa shape index (κ1) is 55.3. The number of aromatic hydroxyl groups is 2. The maximum atomic E-state index is 11.6. The van der Waals surface area contributed by atoms with Crippen LogP contribution in [0.3, 0.4) is 0 Å². The Bertz CT molecular complexity index is 2250. The van der Waals surface area contributed by atoms with E-state index in [-0.39, 0.29) is 48.7 Å². The molecule has 0 amide bonds. The fraction of sp³-hybridized carbons (Fsp3) is 0.372. The highest BCUT2D eigenvalue weighted by molar-refractivity contribution is 5.91. The van der Waals surface area contributed by atoms with Crippen molar-refractivity contribution in [1.29, 1.82) is 0 Å². The minimum atomic E-state index is -2.66. The van der Waals surface area contributed by atoms with Gasteiger partial charge >= 0.3 is 35.8 Å². The molecule has 2 aliphatic rings. The summed E-state index contributed by atoms with van der Waals surface area (Å²) in [5, 5.41) is 93.4. The number of cyclic esters (lactones) is 2. The third-order valence-electron chi connectivity index (χ3n) is 8.65. The van der Waals surface area contributed by atoms with Crippen molar-refractivity contribution in [2.75, 3.05) is 13.2 Å². The number of Topliss-reactive ketones (excluding diaryl/α,β-unsaturated/α-hetero) is 3. The molecule has 0 saturated heterocycles. The summed E-state index contributed by atoms with van der Waals surface area (Å²) in [6.07, 6.45) is -4.56. The summed E-state index contributed by atoms with van der Waals surface area (Å²) in [6.45, 7) is 2.42. The molecule has 2 heterocycles. The zero-order valence-electron chi connectivity index (χ0n) is 35.9. The molecule has 10 N–H and O–H groups in total.